The van der Waals surface area contributed by atoms with Gasteiger partial charge in [-0.25, -0.2) is 13.2 Å². The Bertz CT molecular complexity index is 1240. The molecule has 0 bridgehead atoms. The lowest BCUT2D eigenvalue weighted by molar-refractivity contribution is -0.118. The molecule has 3 rings (SSSR count). The number of rotatable bonds is 7. The van der Waals surface area contributed by atoms with Crippen LogP contribution in [-0.2, 0) is 14.8 Å². The molecule has 1 heterocycles. The van der Waals surface area contributed by atoms with Crippen molar-refractivity contribution in [1.82, 2.24) is 8.87 Å². The minimum atomic E-state index is -3.68. The number of hydrogen-bond acceptors (Lipinski definition) is 5. The molecule has 0 aliphatic heterocycles. The standard InChI is InChI=1S/C21H25N3O5S/c1-5-23(6-2)30(27,28)19-13-16(12-11-14(19)3)22-20(25)15(4)24-17-9-7-8-10-18(17)29-21(24)26/h7-13,15H,5-6H2,1-4H3,(H,22,25). The summed E-state index contributed by atoms with van der Waals surface area (Å²) >= 11 is 0. The third-order valence-corrected chi connectivity index (χ3v) is 7.26. The van der Waals surface area contributed by atoms with E-state index < -0.39 is 27.7 Å². The summed E-state index contributed by atoms with van der Waals surface area (Å²) in [5.74, 6) is -1.09. The summed E-state index contributed by atoms with van der Waals surface area (Å²) in [6.45, 7) is 7.54. The number of carbonyl (C=O) groups is 1. The highest BCUT2D eigenvalue weighted by atomic mass is 32.2. The molecule has 2 aromatic carbocycles. The van der Waals surface area contributed by atoms with Crippen molar-refractivity contribution in [1.29, 1.82) is 0 Å². The first-order chi connectivity index (χ1) is 14.2. The number of carbonyl (C=O) groups excluding carboxylic acids is 1. The molecule has 0 aliphatic rings. The van der Waals surface area contributed by atoms with Crippen LogP contribution in [-0.4, -0.2) is 36.3 Å². The predicted octanol–water partition coefficient (Wildman–Crippen LogP) is 3.13. The van der Waals surface area contributed by atoms with E-state index in [1.54, 1.807) is 64.1 Å². The third-order valence-electron chi connectivity index (χ3n) is 5.06. The van der Waals surface area contributed by atoms with Gasteiger partial charge in [0.05, 0.1) is 10.4 Å². The van der Waals surface area contributed by atoms with Crippen LogP contribution in [0.4, 0.5) is 5.69 Å². The minimum Gasteiger partial charge on any atom is -0.408 e. The van der Waals surface area contributed by atoms with Crippen molar-refractivity contribution >= 4 is 32.7 Å². The van der Waals surface area contributed by atoms with Crippen LogP contribution in [0, 0.1) is 6.92 Å². The fraction of sp³-hybridized carbons (Fsp3) is 0.333. The molecule has 9 heteroatoms. The van der Waals surface area contributed by atoms with E-state index in [1.807, 2.05) is 0 Å². The predicted molar refractivity (Wildman–Crippen MR) is 115 cm³/mol. The third kappa shape index (κ3) is 3.90. The summed E-state index contributed by atoms with van der Waals surface area (Å²) in [5.41, 5.74) is 1.83. The summed E-state index contributed by atoms with van der Waals surface area (Å²) in [6, 6.07) is 10.7. The highest BCUT2D eigenvalue weighted by Crippen LogP contribution is 2.25. The normalized spacial score (nSPS) is 13.0. The number of aryl methyl sites for hydroxylation is 1. The van der Waals surface area contributed by atoms with E-state index in [2.05, 4.69) is 5.32 Å². The number of nitrogens with one attached hydrogen (secondary N) is 1. The molecule has 0 saturated carbocycles. The molecule has 0 saturated heterocycles. The molecule has 160 valence electrons. The second-order valence-electron chi connectivity index (χ2n) is 6.94. The number of amides is 1. The monoisotopic (exact) mass is 431 g/mol. The molecule has 3 aromatic rings. The fourth-order valence-electron chi connectivity index (χ4n) is 3.37. The Hall–Kier alpha value is -2.91. The van der Waals surface area contributed by atoms with Gasteiger partial charge in [0, 0.05) is 18.8 Å². The summed E-state index contributed by atoms with van der Waals surface area (Å²) in [7, 11) is -3.68. The number of oxazole rings is 1. The number of para-hydroxylation sites is 2. The molecule has 1 amide bonds. The lowest BCUT2D eigenvalue weighted by Gasteiger charge is -2.20. The second-order valence-corrected chi connectivity index (χ2v) is 8.85. The van der Waals surface area contributed by atoms with Crippen LogP contribution in [0.1, 0.15) is 32.4 Å². The van der Waals surface area contributed by atoms with Crippen molar-refractivity contribution in [3.8, 4) is 0 Å². The van der Waals surface area contributed by atoms with E-state index in [4.69, 9.17) is 4.42 Å². The van der Waals surface area contributed by atoms with Gasteiger partial charge in [0.25, 0.3) is 0 Å². The summed E-state index contributed by atoms with van der Waals surface area (Å²) < 4.78 is 33.7. The maximum atomic E-state index is 12.9. The van der Waals surface area contributed by atoms with Crippen molar-refractivity contribution in [2.75, 3.05) is 18.4 Å². The van der Waals surface area contributed by atoms with E-state index in [1.165, 1.54) is 14.9 Å². The average molecular weight is 432 g/mol. The first-order valence-electron chi connectivity index (χ1n) is 9.72. The van der Waals surface area contributed by atoms with Crippen molar-refractivity contribution in [3.63, 3.8) is 0 Å². The van der Waals surface area contributed by atoms with Crippen LogP contribution in [0.15, 0.2) is 56.6 Å². The van der Waals surface area contributed by atoms with Crippen LogP contribution < -0.4 is 11.1 Å². The van der Waals surface area contributed by atoms with Crippen molar-refractivity contribution in [2.45, 2.75) is 38.6 Å². The second kappa shape index (κ2) is 8.45. The topological polar surface area (TPSA) is 102 Å². The van der Waals surface area contributed by atoms with E-state index in [-0.39, 0.29) is 4.90 Å². The Morgan fingerprint density at radius 2 is 1.83 bits per heavy atom. The number of benzene rings is 2. The number of aromatic nitrogens is 1. The molecule has 30 heavy (non-hydrogen) atoms. The van der Waals surface area contributed by atoms with Crippen molar-refractivity contribution < 1.29 is 17.6 Å². The zero-order chi connectivity index (χ0) is 22.1. The smallest absolute Gasteiger partial charge is 0.408 e. The number of anilines is 1. The summed E-state index contributed by atoms with van der Waals surface area (Å²) in [5, 5.41) is 2.71. The molecule has 1 N–H and O–H groups in total. The number of fused-ring (bicyclic) bond motifs is 1. The Morgan fingerprint density at radius 1 is 1.17 bits per heavy atom. The quantitative estimate of drug-likeness (QED) is 0.619. The molecule has 1 unspecified atom stereocenters. The maximum Gasteiger partial charge on any atom is 0.420 e. The van der Waals surface area contributed by atoms with Gasteiger partial charge in [0.2, 0.25) is 15.9 Å². The Morgan fingerprint density at radius 3 is 2.50 bits per heavy atom. The highest BCUT2D eigenvalue weighted by molar-refractivity contribution is 7.89. The van der Waals surface area contributed by atoms with Gasteiger partial charge in [-0.05, 0) is 43.7 Å². The number of nitrogens with zero attached hydrogens (tertiary/aromatic N) is 2. The van der Waals surface area contributed by atoms with Gasteiger partial charge < -0.3 is 9.73 Å². The lowest BCUT2D eigenvalue weighted by atomic mass is 10.2. The van der Waals surface area contributed by atoms with Crippen LogP contribution in [0.25, 0.3) is 11.1 Å². The van der Waals surface area contributed by atoms with E-state index in [0.717, 1.165) is 0 Å². The van der Waals surface area contributed by atoms with Crippen molar-refractivity contribution in [3.05, 3.63) is 58.6 Å². The van der Waals surface area contributed by atoms with Gasteiger partial charge in [-0.3, -0.25) is 9.36 Å². The van der Waals surface area contributed by atoms with Crippen LogP contribution >= 0.6 is 0 Å². The number of sulfonamides is 1. The van der Waals surface area contributed by atoms with Gasteiger partial charge in [-0.1, -0.05) is 32.0 Å². The molecular weight excluding hydrogens is 406 g/mol. The fourth-order valence-corrected chi connectivity index (χ4v) is 5.08. The zero-order valence-electron chi connectivity index (χ0n) is 17.4. The van der Waals surface area contributed by atoms with Crippen molar-refractivity contribution in [2.24, 2.45) is 0 Å². The van der Waals surface area contributed by atoms with Crippen LogP contribution in [0.2, 0.25) is 0 Å². The van der Waals surface area contributed by atoms with E-state index in [0.29, 0.717) is 35.4 Å². The SMILES string of the molecule is CCN(CC)S(=O)(=O)c1cc(NC(=O)C(C)n2c(=O)oc3ccccc32)ccc1C. The van der Waals surface area contributed by atoms with Gasteiger partial charge >= 0.3 is 5.76 Å². The van der Waals surface area contributed by atoms with Crippen LogP contribution in [0.5, 0.6) is 0 Å². The molecule has 1 atom stereocenters. The molecule has 0 aliphatic carbocycles. The maximum absolute atomic E-state index is 12.9. The molecule has 0 fully saturated rings. The largest absolute Gasteiger partial charge is 0.420 e. The average Bonchev–Trinajstić information content (AvgIpc) is 3.05. The number of hydrogen-bond donors (Lipinski definition) is 1. The summed E-state index contributed by atoms with van der Waals surface area (Å²) in [4.78, 5) is 25.2. The zero-order valence-corrected chi connectivity index (χ0v) is 18.2. The first kappa shape index (κ1) is 21.8. The van der Waals surface area contributed by atoms with E-state index in [9.17, 15) is 18.0 Å². The van der Waals surface area contributed by atoms with Gasteiger partial charge in [-0.2, -0.15) is 4.31 Å². The van der Waals surface area contributed by atoms with E-state index >= 15 is 0 Å². The molecule has 8 nitrogen and oxygen atoms in total. The van der Waals surface area contributed by atoms with Gasteiger partial charge in [0.1, 0.15) is 6.04 Å². The Labute approximate surface area is 175 Å². The lowest BCUT2D eigenvalue weighted by Crippen LogP contribution is -2.31. The minimum absolute atomic E-state index is 0.141. The Balaban J connectivity index is 1.92. The van der Waals surface area contributed by atoms with Gasteiger partial charge in [0.15, 0.2) is 5.58 Å². The Kier molecular flexibility index (Phi) is 6.14. The van der Waals surface area contributed by atoms with Crippen LogP contribution in [0.3, 0.4) is 0 Å². The summed E-state index contributed by atoms with van der Waals surface area (Å²) in [6.07, 6.45) is 0. The highest BCUT2D eigenvalue weighted by Gasteiger charge is 2.25. The first-order valence-corrected chi connectivity index (χ1v) is 11.2. The molecule has 0 radical (unpaired) electrons. The molecule has 0 spiro atoms. The van der Waals surface area contributed by atoms with Gasteiger partial charge in [-0.15, -0.1) is 0 Å². The molecular formula is C21H25N3O5S. The molecule has 1 aromatic heterocycles.